The van der Waals surface area contributed by atoms with Crippen molar-refractivity contribution in [2.45, 2.75) is 24.9 Å². The fourth-order valence-electron chi connectivity index (χ4n) is 4.29. The molecule has 0 unspecified atom stereocenters. The second-order valence-corrected chi connectivity index (χ2v) is 8.00. The molecule has 3 heterocycles. The number of nitrogens with two attached hydrogens (primary N) is 1. The maximum atomic E-state index is 9.79. The molecule has 3 aromatic heterocycles. The first-order valence-electron chi connectivity index (χ1n) is 10.3. The molecule has 0 saturated heterocycles. The van der Waals surface area contributed by atoms with Gasteiger partial charge in [0, 0.05) is 29.4 Å². The number of imidazole rings is 1. The van der Waals surface area contributed by atoms with Crippen molar-refractivity contribution in [3.63, 3.8) is 0 Å². The predicted molar refractivity (Wildman–Crippen MR) is 119 cm³/mol. The molecule has 152 valence electrons. The molecule has 3 N–H and O–H groups in total. The highest BCUT2D eigenvalue weighted by Crippen LogP contribution is 2.40. The number of hydrogen-bond donors (Lipinski definition) is 2. The summed E-state index contributed by atoms with van der Waals surface area (Å²) in [6.45, 7) is 0. The Bertz CT molecular complexity index is 1420. The molecule has 5 aromatic rings. The van der Waals surface area contributed by atoms with E-state index in [1.165, 1.54) is 0 Å². The van der Waals surface area contributed by atoms with Crippen LogP contribution >= 0.6 is 0 Å². The van der Waals surface area contributed by atoms with Crippen LogP contribution in [-0.2, 0) is 0 Å². The highest BCUT2D eigenvalue weighted by atomic mass is 16.3. The second-order valence-electron chi connectivity index (χ2n) is 8.00. The van der Waals surface area contributed by atoms with Crippen LogP contribution in [0.4, 0.5) is 5.82 Å². The van der Waals surface area contributed by atoms with Crippen molar-refractivity contribution in [1.29, 1.82) is 0 Å². The van der Waals surface area contributed by atoms with Gasteiger partial charge in [-0.2, -0.15) is 0 Å². The van der Waals surface area contributed by atoms with Crippen LogP contribution in [0.15, 0.2) is 67.1 Å². The Balaban J connectivity index is 1.51. The quantitative estimate of drug-likeness (QED) is 0.470. The Morgan fingerprint density at radius 2 is 1.77 bits per heavy atom. The molecule has 7 nitrogen and oxygen atoms in total. The molecule has 7 heteroatoms. The Morgan fingerprint density at radius 3 is 2.58 bits per heavy atom. The van der Waals surface area contributed by atoms with Crippen LogP contribution in [0.2, 0.25) is 0 Å². The van der Waals surface area contributed by atoms with Gasteiger partial charge in [-0.3, -0.25) is 9.38 Å². The van der Waals surface area contributed by atoms with Crippen molar-refractivity contribution >= 4 is 22.4 Å². The average molecular weight is 408 g/mol. The molecule has 1 saturated carbocycles. The van der Waals surface area contributed by atoms with Gasteiger partial charge in [0.05, 0.1) is 34.7 Å². The number of nitrogen functional groups attached to an aromatic ring is 1. The molecule has 0 bridgehead atoms. The summed E-state index contributed by atoms with van der Waals surface area (Å²) in [6, 6.07) is 16.0. The Hall–Kier alpha value is -3.84. The van der Waals surface area contributed by atoms with Gasteiger partial charge in [0.25, 0.3) is 0 Å². The lowest BCUT2D eigenvalue weighted by Gasteiger charge is -2.30. The molecule has 1 aliphatic carbocycles. The molecule has 0 aliphatic heterocycles. The maximum absolute atomic E-state index is 9.79. The summed E-state index contributed by atoms with van der Waals surface area (Å²) in [5, 5.41) is 9.79. The third-order valence-corrected chi connectivity index (χ3v) is 5.98. The van der Waals surface area contributed by atoms with E-state index in [2.05, 4.69) is 9.97 Å². The number of hydrogen-bond acceptors (Lipinski definition) is 6. The Labute approximate surface area is 178 Å². The minimum Gasteiger partial charge on any atom is -0.393 e. The first-order chi connectivity index (χ1) is 15.2. The van der Waals surface area contributed by atoms with E-state index in [9.17, 15) is 5.11 Å². The van der Waals surface area contributed by atoms with E-state index >= 15 is 0 Å². The minimum absolute atomic E-state index is 0.190. The summed E-state index contributed by atoms with van der Waals surface area (Å²) in [4.78, 5) is 18.6. The molecule has 2 aromatic carbocycles. The van der Waals surface area contributed by atoms with E-state index < -0.39 is 0 Å². The molecule has 31 heavy (non-hydrogen) atoms. The van der Waals surface area contributed by atoms with Crippen molar-refractivity contribution in [3.05, 3.63) is 72.8 Å². The van der Waals surface area contributed by atoms with Gasteiger partial charge >= 0.3 is 0 Å². The highest BCUT2D eigenvalue weighted by molar-refractivity contribution is 5.83. The van der Waals surface area contributed by atoms with Crippen LogP contribution in [0.25, 0.3) is 39.2 Å². The number of anilines is 1. The number of nitrogens with zero attached hydrogens (tertiary/aromatic N) is 5. The third kappa shape index (κ3) is 2.93. The summed E-state index contributed by atoms with van der Waals surface area (Å²) >= 11 is 0. The molecule has 0 atom stereocenters. The van der Waals surface area contributed by atoms with Crippen LogP contribution in [0.3, 0.4) is 0 Å². The normalized spacial score (nSPS) is 18.4. The van der Waals surface area contributed by atoms with Gasteiger partial charge in [-0.1, -0.05) is 30.3 Å². The number of benzene rings is 2. The summed E-state index contributed by atoms with van der Waals surface area (Å²) in [5.74, 6) is 1.43. The molecular formula is C24H20N6O. The first-order valence-corrected chi connectivity index (χ1v) is 10.3. The molecule has 6 rings (SSSR count). The SMILES string of the molecule is Nc1nccn2c(-c3ccc4ncc(-c5ccccc5)nc4c3)nc(C3CC(O)C3)c12. The zero-order valence-electron chi connectivity index (χ0n) is 16.7. The lowest BCUT2D eigenvalue weighted by molar-refractivity contribution is 0.0739. The number of fused-ring (bicyclic) bond motifs is 2. The molecule has 1 aliphatic rings. The predicted octanol–water partition coefficient (Wildman–Crippen LogP) is 3.83. The Kier molecular flexibility index (Phi) is 3.97. The van der Waals surface area contributed by atoms with Crippen LogP contribution in [0.1, 0.15) is 24.5 Å². The van der Waals surface area contributed by atoms with Gasteiger partial charge in [0.2, 0.25) is 0 Å². The van der Waals surface area contributed by atoms with Gasteiger partial charge in [0.15, 0.2) is 0 Å². The molecule has 0 amide bonds. The van der Waals surface area contributed by atoms with Gasteiger partial charge in [0.1, 0.15) is 17.2 Å². The molecular weight excluding hydrogens is 388 g/mol. The van der Waals surface area contributed by atoms with Crippen molar-refractivity contribution < 1.29 is 5.11 Å². The topological polar surface area (TPSA) is 102 Å². The van der Waals surface area contributed by atoms with E-state index in [1.54, 1.807) is 12.4 Å². The lowest BCUT2D eigenvalue weighted by Crippen LogP contribution is -2.27. The third-order valence-electron chi connectivity index (χ3n) is 5.98. The smallest absolute Gasteiger partial charge is 0.149 e. The van der Waals surface area contributed by atoms with Crippen LogP contribution in [0, 0.1) is 0 Å². The minimum atomic E-state index is -0.268. The van der Waals surface area contributed by atoms with Gasteiger partial charge in [-0.25, -0.2) is 15.0 Å². The van der Waals surface area contributed by atoms with E-state index in [-0.39, 0.29) is 12.0 Å². The van der Waals surface area contributed by atoms with E-state index in [0.717, 1.165) is 44.9 Å². The zero-order valence-corrected chi connectivity index (χ0v) is 16.7. The van der Waals surface area contributed by atoms with E-state index in [1.807, 2.05) is 59.1 Å². The zero-order chi connectivity index (χ0) is 20.9. The van der Waals surface area contributed by atoms with Crippen molar-refractivity contribution in [2.75, 3.05) is 5.73 Å². The second kappa shape index (κ2) is 6.85. The standard InChI is InChI=1S/C24H20N6O/c25-23-22-21(16-10-17(31)11-16)29-24(30(22)9-8-26-23)15-6-7-18-19(12-15)28-20(13-27-18)14-4-2-1-3-5-14/h1-9,12-13,16-17,31H,10-11H2,(H2,25,26). The van der Waals surface area contributed by atoms with Crippen LogP contribution < -0.4 is 5.73 Å². The Morgan fingerprint density at radius 1 is 0.935 bits per heavy atom. The van der Waals surface area contributed by atoms with Crippen LogP contribution in [-0.4, -0.2) is 35.5 Å². The molecule has 1 fully saturated rings. The highest BCUT2D eigenvalue weighted by Gasteiger charge is 2.33. The molecule has 0 radical (unpaired) electrons. The lowest BCUT2D eigenvalue weighted by atomic mass is 9.80. The van der Waals surface area contributed by atoms with Crippen molar-refractivity contribution in [3.8, 4) is 22.6 Å². The summed E-state index contributed by atoms with van der Waals surface area (Å²) in [5.41, 5.74) is 12.3. The number of aromatic nitrogens is 5. The maximum Gasteiger partial charge on any atom is 0.149 e. The van der Waals surface area contributed by atoms with Crippen molar-refractivity contribution in [1.82, 2.24) is 24.3 Å². The van der Waals surface area contributed by atoms with Crippen LogP contribution in [0.5, 0.6) is 0 Å². The largest absolute Gasteiger partial charge is 0.393 e. The van der Waals surface area contributed by atoms with Gasteiger partial charge in [-0.05, 0) is 31.0 Å². The van der Waals surface area contributed by atoms with Gasteiger partial charge in [-0.15, -0.1) is 0 Å². The summed E-state index contributed by atoms with van der Waals surface area (Å²) < 4.78 is 1.98. The van der Waals surface area contributed by atoms with Crippen molar-refractivity contribution in [2.24, 2.45) is 0 Å². The fraction of sp³-hybridized carbons (Fsp3) is 0.167. The number of aliphatic hydroxyl groups excluding tert-OH is 1. The first kappa shape index (κ1) is 18.0. The molecule has 0 spiro atoms. The summed E-state index contributed by atoms with van der Waals surface area (Å²) in [6.07, 6.45) is 6.49. The van der Waals surface area contributed by atoms with Gasteiger partial charge < -0.3 is 10.8 Å². The summed E-state index contributed by atoms with van der Waals surface area (Å²) in [7, 11) is 0. The van der Waals surface area contributed by atoms with E-state index in [4.69, 9.17) is 15.7 Å². The van der Waals surface area contributed by atoms with E-state index in [0.29, 0.717) is 18.7 Å². The number of aliphatic hydroxyl groups is 1. The fourth-order valence-corrected chi connectivity index (χ4v) is 4.29. The monoisotopic (exact) mass is 408 g/mol. The number of rotatable bonds is 3. The average Bonchev–Trinajstić information content (AvgIpc) is 3.17.